The first-order valence-electron chi connectivity index (χ1n) is 6.34. The molecule has 0 amide bonds. The fourth-order valence-corrected chi connectivity index (χ4v) is 2.31. The maximum absolute atomic E-state index is 9.36. The van der Waals surface area contributed by atoms with Gasteiger partial charge in [-0.2, -0.15) is 5.26 Å². The molecule has 4 nitrogen and oxygen atoms in total. The van der Waals surface area contributed by atoms with Crippen LogP contribution in [0.5, 0.6) is 0 Å². The number of aliphatic hydroxyl groups excluding tert-OH is 1. The summed E-state index contributed by atoms with van der Waals surface area (Å²) in [6.07, 6.45) is -0.258. The number of nitrogens with zero attached hydrogens (tertiary/aromatic N) is 3. The van der Waals surface area contributed by atoms with Crippen LogP contribution < -0.4 is 4.90 Å². The largest absolute Gasteiger partial charge is 0.392 e. The molecule has 0 aromatic heterocycles. The number of β-amino-alcohol motifs (C(OH)–C–C–N with tert-alkyl or cyclic N) is 1. The first-order valence-corrected chi connectivity index (χ1v) is 6.34. The second-order valence-corrected chi connectivity index (χ2v) is 4.80. The number of hydrogen-bond acceptors (Lipinski definition) is 4. The molecule has 0 saturated carbocycles. The molecule has 0 radical (unpaired) electrons. The van der Waals surface area contributed by atoms with Gasteiger partial charge in [-0.25, -0.2) is 0 Å². The van der Waals surface area contributed by atoms with E-state index in [1.54, 1.807) is 0 Å². The van der Waals surface area contributed by atoms with Gasteiger partial charge in [-0.15, -0.1) is 0 Å². The van der Waals surface area contributed by atoms with Gasteiger partial charge in [-0.05, 0) is 31.2 Å². The summed E-state index contributed by atoms with van der Waals surface area (Å²) >= 11 is 0. The number of aliphatic hydroxyl groups is 1. The van der Waals surface area contributed by atoms with Crippen molar-refractivity contribution in [3.05, 3.63) is 29.8 Å². The van der Waals surface area contributed by atoms with E-state index in [0.29, 0.717) is 5.56 Å². The van der Waals surface area contributed by atoms with E-state index in [4.69, 9.17) is 5.26 Å². The molecule has 0 aliphatic carbocycles. The van der Waals surface area contributed by atoms with Gasteiger partial charge >= 0.3 is 0 Å². The van der Waals surface area contributed by atoms with Gasteiger partial charge in [0, 0.05) is 38.4 Å². The Morgan fingerprint density at radius 3 is 2.33 bits per heavy atom. The molecule has 1 aliphatic rings. The molecule has 1 aliphatic heterocycles. The predicted molar refractivity (Wildman–Crippen MR) is 71.5 cm³/mol. The topological polar surface area (TPSA) is 50.5 Å². The highest BCUT2D eigenvalue weighted by Gasteiger charge is 2.17. The van der Waals surface area contributed by atoms with E-state index in [1.807, 2.05) is 31.2 Å². The van der Waals surface area contributed by atoms with Gasteiger partial charge in [0.2, 0.25) is 0 Å². The fraction of sp³-hybridized carbons (Fsp3) is 0.500. The van der Waals surface area contributed by atoms with Gasteiger partial charge < -0.3 is 10.0 Å². The summed E-state index contributed by atoms with van der Waals surface area (Å²) in [5, 5.41) is 18.1. The van der Waals surface area contributed by atoms with Crippen LogP contribution >= 0.6 is 0 Å². The highest BCUT2D eigenvalue weighted by Crippen LogP contribution is 2.17. The molecule has 2 rings (SSSR count). The summed E-state index contributed by atoms with van der Waals surface area (Å²) in [6.45, 7) is 6.47. The first-order chi connectivity index (χ1) is 8.69. The summed E-state index contributed by atoms with van der Waals surface area (Å²) < 4.78 is 0. The van der Waals surface area contributed by atoms with Gasteiger partial charge in [0.25, 0.3) is 0 Å². The zero-order valence-corrected chi connectivity index (χ0v) is 10.7. The summed E-state index contributed by atoms with van der Waals surface area (Å²) in [5.74, 6) is 0. The lowest BCUT2D eigenvalue weighted by molar-refractivity contribution is 0.123. The molecule has 18 heavy (non-hydrogen) atoms. The Balaban J connectivity index is 1.91. The standard InChI is InChI=1S/C14H19N3O/c1-12(18)11-16-6-8-17(9-7-16)14-4-2-13(10-15)3-5-14/h2-5,12,18H,6-9,11H2,1H3/t12-/m1/s1. The lowest BCUT2D eigenvalue weighted by Gasteiger charge is -2.36. The van der Waals surface area contributed by atoms with Crippen molar-refractivity contribution in [1.82, 2.24) is 4.90 Å². The van der Waals surface area contributed by atoms with Crippen molar-refractivity contribution in [1.29, 1.82) is 5.26 Å². The SMILES string of the molecule is C[C@@H](O)CN1CCN(c2ccc(C#N)cc2)CC1. The predicted octanol–water partition coefficient (Wildman–Crippen LogP) is 1.06. The summed E-state index contributed by atoms with van der Waals surface area (Å²) in [4.78, 5) is 4.60. The monoisotopic (exact) mass is 245 g/mol. The Morgan fingerprint density at radius 2 is 1.83 bits per heavy atom. The van der Waals surface area contributed by atoms with E-state index in [0.717, 1.165) is 32.7 Å². The summed E-state index contributed by atoms with van der Waals surface area (Å²) in [5.41, 5.74) is 1.87. The molecule has 4 heteroatoms. The van der Waals surface area contributed by atoms with Crippen LogP contribution in [0.4, 0.5) is 5.69 Å². The average molecular weight is 245 g/mol. The maximum Gasteiger partial charge on any atom is 0.0991 e. The molecule has 0 bridgehead atoms. The molecular weight excluding hydrogens is 226 g/mol. The Hall–Kier alpha value is -1.57. The van der Waals surface area contributed by atoms with Crippen molar-refractivity contribution < 1.29 is 5.11 Å². The van der Waals surface area contributed by atoms with E-state index in [1.165, 1.54) is 5.69 Å². The third-order valence-electron chi connectivity index (χ3n) is 3.26. The van der Waals surface area contributed by atoms with Crippen molar-refractivity contribution in [3.63, 3.8) is 0 Å². The number of hydrogen-bond donors (Lipinski definition) is 1. The second-order valence-electron chi connectivity index (χ2n) is 4.80. The van der Waals surface area contributed by atoms with Crippen LogP contribution in [0.25, 0.3) is 0 Å². The van der Waals surface area contributed by atoms with Crippen LogP contribution in [0.2, 0.25) is 0 Å². The van der Waals surface area contributed by atoms with E-state index in [9.17, 15) is 5.11 Å². The summed E-state index contributed by atoms with van der Waals surface area (Å²) in [7, 11) is 0. The highest BCUT2D eigenvalue weighted by molar-refractivity contribution is 5.50. The van der Waals surface area contributed by atoms with Gasteiger partial charge in [0.1, 0.15) is 0 Å². The van der Waals surface area contributed by atoms with Gasteiger partial charge in [-0.3, -0.25) is 4.90 Å². The minimum atomic E-state index is -0.258. The number of anilines is 1. The smallest absolute Gasteiger partial charge is 0.0991 e. The Labute approximate surface area is 108 Å². The number of benzene rings is 1. The minimum absolute atomic E-state index is 0.258. The van der Waals surface area contributed by atoms with E-state index in [2.05, 4.69) is 15.9 Å². The van der Waals surface area contributed by atoms with Gasteiger partial charge in [-0.1, -0.05) is 0 Å². The zero-order chi connectivity index (χ0) is 13.0. The van der Waals surface area contributed by atoms with Crippen molar-refractivity contribution in [2.75, 3.05) is 37.6 Å². The van der Waals surface area contributed by atoms with Crippen molar-refractivity contribution >= 4 is 5.69 Å². The van der Waals surface area contributed by atoms with Crippen LogP contribution in [0.15, 0.2) is 24.3 Å². The van der Waals surface area contributed by atoms with Crippen LogP contribution in [-0.2, 0) is 0 Å². The van der Waals surface area contributed by atoms with Crippen LogP contribution in [0.1, 0.15) is 12.5 Å². The van der Waals surface area contributed by atoms with Gasteiger partial charge in [0.05, 0.1) is 17.7 Å². The van der Waals surface area contributed by atoms with Crippen molar-refractivity contribution in [2.24, 2.45) is 0 Å². The first kappa shape index (κ1) is 12.9. The molecular formula is C14H19N3O. The Kier molecular flexibility index (Phi) is 4.19. The minimum Gasteiger partial charge on any atom is -0.392 e. The molecule has 1 atom stereocenters. The molecule has 0 unspecified atom stereocenters. The van der Waals surface area contributed by atoms with Crippen LogP contribution in [0.3, 0.4) is 0 Å². The highest BCUT2D eigenvalue weighted by atomic mass is 16.3. The van der Waals surface area contributed by atoms with Crippen molar-refractivity contribution in [3.8, 4) is 6.07 Å². The second kappa shape index (κ2) is 5.85. The Morgan fingerprint density at radius 1 is 1.22 bits per heavy atom. The maximum atomic E-state index is 9.36. The fourth-order valence-electron chi connectivity index (χ4n) is 2.31. The third kappa shape index (κ3) is 3.22. The normalized spacial score (nSPS) is 18.4. The van der Waals surface area contributed by atoms with E-state index in [-0.39, 0.29) is 6.10 Å². The van der Waals surface area contributed by atoms with Gasteiger partial charge in [0.15, 0.2) is 0 Å². The Bertz CT molecular complexity index is 414. The number of nitriles is 1. The lowest BCUT2D eigenvalue weighted by Crippen LogP contribution is -2.48. The van der Waals surface area contributed by atoms with Crippen LogP contribution in [0, 0.1) is 11.3 Å². The third-order valence-corrected chi connectivity index (χ3v) is 3.26. The molecule has 1 aromatic rings. The molecule has 1 saturated heterocycles. The molecule has 1 N–H and O–H groups in total. The zero-order valence-electron chi connectivity index (χ0n) is 10.7. The van der Waals surface area contributed by atoms with E-state index >= 15 is 0 Å². The summed E-state index contributed by atoms with van der Waals surface area (Å²) in [6, 6.07) is 9.85. The number of rotatable bonds is 3. The average Bonchev–Trinajstić information content (AvgIpc) is 2.39. The molecule has 1 fully saturated rings. The molecule has 1 aromatic carbocycles. The number of piperazine rings is 1. The molecule has 0 spiro atoms. The molecule has 96 valence electrons. The van der Waals surface area contributed by atoms with Crippen LogP contribution in [-0.4, -0.2) is 48.8 Å². The quantitative estimate of drug-likeness (QED) is 0.865. The van der Waals surface area contributed by atoms with E-state index < -0.39 is 0 Å². The van der Waals surface area contributed by atoms with Crippen molar-refractivity contribution in [2.45, 2.75) is 13.0 Å². The lowest BCUT2D eigenvalue weighted by atomic mass is 10.2. The molecule has 1 heterocycles.